The highest BCUT2D eigenvalue weighted by Gasteiger charge is 2.23. The molecule has 64 heavy (non-hydrogen) atoms. The first-order chi connectivity index (χ1) is 31.6. The van der Waals surface area contributed by atoms with Crippen LogP contribution in [0.4, 0.5) is 0 Å². The number of fused-ring (bicyclic) bond motifs is 6. The summed E-state index contributed by atoms with van der Waals surface area (Å²) in [6.07, 6.45) is 0. The fourth-order valence-corrected chi connectivity index (χ4v) is 10.6. The summed E-state index contributed by atoms with van der Waals surface area (Å²) in [5.41, 5.74) is 15.5. The lowest BCUT2D eigenvalue weighted by Crippen LogP contribution is -2.04. The molecule has 0 aliphatic carbocycles. The van der Waals surface area contributed by atoms with Crippen LogP contribution < -0.4 is 0 Å². The Bertz CT molecular complexity index is 3590. The van der Waals surface area contributed by atoms with Crippen molar-refractivity contribution < 1.29 is 0 Å². The zero-order chi connectivity index (χ0) is 42.7. The molecular weight excluding hydrogens is 797 g/mol. The topological polar surface area (TPSA) is 43.6 Å². The lowest BCUT2D eigenvalue weighted by Gasteiger charge is -2.17. The average molecular weight is 837 g/mol. The van der Waals surface area contributed by atoms with E-state index in [1.54, 1.807) is 0 Å². The summed E-state index contributed by atoms with van der Waals surface area (Å²) >= 11 is 1.84. The Labute approximate surface area is 375 Å². The SMILES string of the molecule is Cc1ccccc1-c1ccc2c3ccc(-c4ccccc4C)cc3n(-c3ccc(-c4cccc5sc6ccccc6c45)cc3-c3nc(-c4ccccc4)nc(-c4ccccc4)n3)c2c1. The second kappa shape index (κ2) is 15.4. The zero-order valence-corrected chi connectivity index (χ0v) is 36.1. The molecular formula is C59H40N4S. The van der Waals surface area contributed by atoms with Crippen LogP contribution in [0.15, 0.2) is 206 Å². The van der Waals surface area contributed by atoms with Crippen molar-refractivity contribution in [2.24, 2.45) is 0 Å². The minimum atomic E-state index is 0.604. The standard InChI is InChI=1S/C59H40N4S/c1-37-16-9-11-22-44(37)42-28-31-47-48-32-29-43(45-23-12-10-17-38(45)2)36-53(48)63(52(47)35-42)51-33-30-41(46-25-15-27-55-56(46)49-24-13-14-26-54(49)64-55)34-50(51)59-61-57(39-18-5-3-6-19-39)60-58(62-59)40-20-7-4-8-21-40/h3-36H,1-2H3. The van der Waals surface area contributed by atoms with Gasteiger partial charge in [-0.1, -0.05) is 170 Å². The lowest BCUT2D eigenvalue weighted by atomic mass is 9.96. The van der Waals surface area contributed by atoms with Crippen molar-refractivity contribution in [3.05, 3.63) is 217 Å². The van der Waals surface area contributed by atoms with Gasteiger partial charge in [0.05, 0.1) is 16.7 Å². The number of hydrogen-bond donors (Lipinski definition) is 0. The summed E-state index contributed by atoms with van der Waals surface area (Å²) in [5, 5.41) is 4.88. The first-order valence-electron chi connectivity index (χ1n) is 21.7. The molecule has 12 rings (SSSR count). The molecule has 3 heterocycles. The second-order valence-electron chi connectivity index (χ2n) is 16.5. The van der Waals surface area contributed by atoms with Gasteiger partial charge in [0.2, 0.25) is 0 Å². The van der Waals surface area contributed by atoms with Crippen molar-refractivity contribution in [3.8, 4) is 73.2 Å². The van der Waals surface area contributed by atoms with E-state index in [2.05, 4.69) is 188 Å². The Hall–Kier alpha value is -7.99. The van der Waals surface area contributed by atoms with Gasteiger partial charge in [0.1, 0.15) is 0 Å². The number of benzene rings is 9. The molecule has 0 radical (unpaired) electrons. The quantitative estimate of drug-likeness (QED) is 0.161. The highest BCUT2D eigenvalue weighted by atomic mass is 32.1. The van der Waals surface area contributed by atoms with E-state index in [0.717, 1.165) is 39.0 Å². The van der Waals surface area contributed by atoms with Gasteiger partial charge >= 0.3 is 0 Å². The van der Waals surface area contributed by atoms with Crippen LogP contribution in [0.3, 0.4) is 0 Å². The third kappa shape index (κ3) is 6.40. The summed E-state index contributed by atoms with van der Waals surface area (Å²) < 4.78 is 4.98. The van der Waals surface area contributed by atoms with Crippen molar-refractivity contribution in [1.29, 1.82) is 0 Å². The zero-order valence-electron chi connectivity index (χ0n) is 35.3. The van der Waals surface area contributed by atoms with E-state index in [1.807, 2.05) is 47.7 Å². The van der Waals surface area contributed by atoms with Gasteiger partial charge in [0, 0.05) is 47.6 Å². The predicted molar refractivity (Wildman–Crippen MR) is 269 cm³/mol. The Morgan fingerprint density at radius 1 is 0.344 bits per heavy atom. The Balaban J connectivity index is 1.20. The number of aromatic nitrogens is 4. The molecule has 12 aromatic rings. The van der Waals surface area contributed by atoms with Gasteiger partial charge in [-0.2, -0.15) is 0 Å². The van der Waals surface area contributed by atoms with Crippen molar-refractivity contribution in [2.45, 2.75) is 13.8 Å². The molecule has 0 spiro atoms. The fourth-order valence-electron chi connectivity index (χ4n) is 9.43. The first kappa shape index (κ1) is 37.7. The van der Waals surface area contributed by atoms with Gasteiger partial charge < -0.3 is 4.57 Å². The van der Waals surface area contributed by atoms with Gasteiger partial charge in [-0.15, -0.1) is 11.3 Å². The van der Waals surface area contributed by atoms with Gasteiger partial charge in [-0.05, 0) is 94.8 Å². The van der Waals surface area contributed by atoms with E-state index >= 15 is 0 Å². The molecule has 0 unspecified atom stereocenters. The molecule has 0 saturated carbocycles. The number of nitrogens with zero attached hydrogens (tertiary/aromatic N) is 4. The van der Waals surface area contributed by atoms with Crippen LogP contribution >= 0.6 is 11.3 Å². The first-order valence-corrected chi connectivity index (χ1v) is 22.5. The second-order valence-corrected chi connectivity index (χ2v) is 17.6. The molecule has 4 nitrogen and oxygen atoms in total. The molecule has 0 N–H and O–H groups in total. The highest BCUT2D eigenvalue weighted by Crippen LogP contribution is 2.44. The van der Waals surface area contributed by atoms with E-state index in [4.69, 9.17) is 15.0 Å². The molecule has 302 valence electrons. The number of rotatable bonds is 7. The molecule has 3 aromatic heterocycles. The average Bonchev–Trinajstić information content (AvgIpc) is 3.90. The minimum Gasteiger partial charge on any atom is -0.308 e. The molecule has 5 heteroatoms. The maximum Gasteiger partial charge on any atom is 0.166 e. The minimum absolute atomic E-state index is 0.604. The van der Waals surface area contributed by atoms with Crippen LogP contribution in [-0.2, 0) is 0 Å². The summed E-state index contributed by atoms with van der Waals surface area (Å²) in [6, 6.07) is 73.9. The van der Waals surface area contributed by atoms with Crippen molar-refractivity contribution in [3.63, 3.8) is 0 Å². The van der Waals surface area contributed by atoms with Crippen LogP contribution in [0, 0.1) is 13.8 Å². The third-order valence-corrected chi connectivity index (χ3v) is 13.7. The predicted octanol–water partition coefficient (Wildman–Crippen LogP) is 16.0. The Kier molecular flexibility index (Phi) is 9.09. The Morgan fingerprint density at radius 3 is 1.44 bits per heavy atom. The number of hydrogen-bond acceptors (Lipinski definition) is 4. The number of thiophene rings is 1. The third-order valence-electron chi connectivity index (χ3n) is 12.6. The van der Waals surface area contributed by atoms with E-state index < -0.39 is 0 Å². The summed E-state index contributed by atoms with van der Waals surface area (Å²) in [4.78, 5) is 15.9. The molecule has 0 aliphatic heterocycles. The summed E-state index contributed by atoms with van der Waals surface area (Å²) in [7, 11) is 0. The maximum absolute atomic E-state index is 5.39. The van der Waals surface area contributed by atoms with Crippen molar-refractivity contribution in [1.82, 2.24) is 19.5 Å². The summed E-state index contributed by atoms with van der Waals surface area (Å²) in [5.74, 6) is 1.85. The molecule has 0 atom stereocenters. The normalized spacial score (nSPS) is 11.6. The lowest BCUT2D eigenvalue weighted by molar-refractivity contribution is 1.06. The molecule has 0 aliphatic rings. The van der Waals surface area contributed by atoms with Crippen LogP contribution in [0.5, 0.6) is 0 Å². The van der Waals surface area contributed by atoms with Crippen LogP contribution in [0.1, 0.15) is 11.1 Å². The molecule has 0 bridgehead atoms. The van der Waals surface area contributed by atoms with E-state index in [-0.39, 0.29) is 0 Å². The van der Waals surface area contributed by atoms with Gasteiger partial charge in [0.15, 0.2) is 17.5 Å². The van der Waals surface area contributed by atoms with Crippen LogP contribution in [0.2, 0.25) is 0 Å². The smallest absolute Gasteiger partial charge is 0.166 e. The van der Waals surface area contributed by atoms with E-state index in [9.17, 15) is 0 Å². The van der Waals surface area contributed by atoms with Gasteiger partial charge in [-0.25, -0.2) is 15.0 Å². The molecule has 9 aromatic carbocycles. The van der Waals surface area contributed by atoms with E-state index in [0.29, 0.717) is 17.5 Å². The molecule has 0 amide bonds. The van der Waals surface area contributed by atoms with E-state index in [1.165, 1.54) is 69.9 Å². The van der Waals surface area contributed by atoms with Crippen LogP contribution in [-0.4, -0.2) is 19.5 Å². The maximum atomic E-state index is 5.39. The molecule has 0 saturated heterocycles. The molecule has 0 fully saturated rings. The highest BCUT2D eigenvalue weighted by molar-refractivity contribution is 7.25. The number of aryl methyl sites for hydroxylation is 2. The largest absolute Gasteiger partial charge is 0.308 e. The summed E-state index contributed by atoms with van der Waals surface area (Å²) in [6.45, 7) is 4.38. The van der Waals surface area contributed by atoms with Crippen molar-refractivity contribution >= 4 is 53.3 Å². The van der Waals surface area contributed by atoms with Gasteiger partial charge in [0.25, 0.3) is 0 Å². The monoisotopic (exact) mass is 836 g/mol. The van der Waals surface area contributed by atoms with Crippen LogP contribution in [0.25, 0.3) is 115 Å². The fraction of sp³-hybridized carbons (Fsp3) is 0.0339. The van der Waals surface area contributed by atoms with Gasteiger partial charge in [-0.3, -0.25) is 0 Å². The Morgan fingerprint density at radius 2 is 0.828 bits per heavy atom. The van der Waals surface area contributed by atoms with Crippen molar-refractivity contribution in [2.75, 3.05) is 0 Å².